The van der Waals surface area contributed by atoms with Crippen LogP contribution < -0.4 is 14.8 Å². The van der Waals surface area contributed by atoms with Crippen LogP contribution in [0.2, 0.25) is 0 Å². The zero-order chi connectivity index (χ0) is 21.5. The van der Waals surface area contributed by atoms with Gasteiger partial charge >= 0.3 is 0 Å². The minimum Gasteiger partial charge on any atom is -0.493 e. The van der Waals surface area contributed by atoms with Gasteiger partial charge in [-0.1, -0.05) is 19.9 Å². The quantitative estimate of drug-likeness (QED) is 0.467. The lowest BCUT2D eigenvalue weighted by atomic mass is 10.2. The highest BCUT2D eigenvalue weighted by molar-refractivity contribution is 7.22. The number of carbonyl (C=O) groups is 1. The number of likely N-dealkylation sites (N-methyl/N-ethyl adjacent to an activating group) is 1. The zero-order valence-electron chi connectivity index (χ0n) is 17.7. The molecule has 160 valence electrons. The minimum absolute atomic E-state index is 0.174. The first-order chi connectivity index (χ1) is 14.5. The molecule has 0 fully saturated rings. The Kier molecular flexibility index (Phi) is 7.84. The lowest BCUT2D eigenvalue weighted by Crippen LogP contribution is -2.28. The molecule has 2 aromatic heterocycles. The summed E-state index contributed by atoms with van der Waals surface area (Å²) in [5.74, 6) is 1.08. The van der Waals surface area contributed by atoms with Crippen molar-refractivity contribution in [1.82, 2.24) is 9.88 Å². The third kappa shape index (κ3) is 5.38. The third-order valence-corrected chi connectivity index (χ3v) is 6.91. The van der Waals surface area contributed by atoms with Gasteiger partial charge < -0.3 is 19.7 Å². The standard InChI is InChI=1S/C22H27N3O3S2/c1-5-25(6-2)11-12-28-18-14-16(9-10-17(18)27-4)24-21(26)20-15(3)23-22(30-20)19-8-7-13-29-19/h7-10,13-14H,5-6,11-12H2,1-4H3,(H,24,26). The largest absolute Gasteiger partial charge is 0.493 e. The van der Waals surface area contributed by atoms with E-state index in [-0.39, 0.29) is 5.91 Å². The van der Waals surface area contributed by atoms with Gasteiger partial charge in [-0.05, 0) is 43.6 Å². The first-order valence-electron chi connectivity index (χ1n) is 9.91. The maximum atomic E-state index is 12.8. The van der Waals surface area contributed by atoms with Crippen molar-refractivity contribution in [2.75, 3.05) is 38.7 Å². The van der Waals surface area contributed by atoms with E-state index in [4.69, 9.17) is 9.47 Å². The van der Waals surface area contributed by atoms with E-state index in [0.29, 0.717) is 28.7 Å². The average Bonchev–Trinajstić information content (AvgIpc) is 3.41. The molecule has 30 heavy (non-hydrogen) atoms. The van der Waals surface area contributed by atoms with Gasteiger partial charge in [0, 0.05) is 18.3 Å². The van der Waals surface area contributed by atoms with E-state index >= 15 is 0 Å². The predicted molar refractivity (Wildman–Crippen MR) is 124 cm³/mol. The van der Waals surface area contributed by atoms with Crippen molar-refractivity contribution in [2.45, 2.75) is 20.8 Å². The van der Waals surface area contributed by atoms with E-state index < -0.39 is 0 Å². The number of thiophene rings is 1. The summed E-state index contributed by atoms with van der Waals surface area (Å²) in [7, 11) is 1.61. The maximum absolute atomic E-state index is 12.8. The van der Waals surface area contributed by atoms with Crippen molar-refractivity contribution in [2.24, 2.45) is 0 Å². The molecule has 0 aliphatic carbocycles. The monoisotopic (exact) mass is 445 g/mol. The Labute approximate surface area is 185 Å². The molecule has 3 aromatic rings. The van der Waals surface area contributed by atoms with E-state index in [1.54, 1.807) is 30.6 Å². The predicted octanol–water partition coefficient (Wildman–Crippen LogP) is 5.16. The van der Waals surface area contributed by atoms with Gasteiger partial charge in [0.05, 0.1) is 17.7 Å². The second-order valence-corrected chi connectivity index (χ2v) is 8.55. The summed E-state index contributed by atoms with van der Waals surface area (Å²) in [6.07, 6.45) is 0. The van der Waals surface area contributed by atoms with Crippen molar-refractivity contribution in [3.63, 3.8) is 0 Å². The van der Waals surface area contributed by atoms with Gasteiger partial charge in [-0.15, -0.1) is 22.7 Å². The molecule has 0 aliphatic rings. The normalized spacial score (nSPS) is 11.0. The summed E-state index contributed by atoms with van der Waals surface area (Å²) in [4.78, 5) is 21.4. The van der Waals surface area contributed by atoms with Gasteiger partial charge in [-0.25, -0.2) is 4.98 Å². The molecule has 6 nitrogen and oxygen atoms in total. The third-order valence-electron chi connectivity index (χ3n) is 4.72. The van der Waals surface area contributed by atoms with Crippen LogP contribution in [0, 0.1) is 6.92 Å². The van der Waals surface area contributed by atoms with E-state index in [1.165, 1.54) is 11.3 Å². The van der Waals surface area contributed by atoms with Gasteiger partial charge in [0.15, 0.2) is 11.5 Å². The van der Waals surface area contributed by atoms with Crippen LogP contribution in [0.25, 0.3) is 9.88 Å². The van der Waals surface area contributed by atoms with Gasteiger partial charge in [0.2, 0.25) is 0 Å². The number of hydrogen-bond acceptors (Lipinski definition) is 7. The average molecular weight is 446 g/mol. The molecular formula is C22H27N3O3S2. The van der Waals surface area contributed by atoms with Gasteiger partial charge in [-0.2, -0.15) is 0 Å². The minimum atomic E-state index is -0.174. The van der Waals surface area contributed by atoms with Crippen LogP contribution >= 0.6 is 22.7 Å². The number of carbonyl (C=O) groups excluding carboxylic acids is 1. The van der Waals surface area contributed by atoms with Crippen molar-refractivity contribution in [3.8, 4) is 21.4 Å². The smallest absolute Gasteiger partial charge is 0.267 e. The molecule has 0 saturated carbocycles. The molecule has 0 radical (unpaired) electrons. The Hall–Kier alpha value is -2.42. The van der Waals surface area contributed by atoms with Gasteiger partial charge in [0.1, 0.15) is 16.5 Å². The van der Waals surface area contributed by atoms with Crippen LogP contribution in [0.4, 0.5) is 5.69 Å². The Bertz CT molecular complexity index is 966. The number of anilines is 1. The van der Waals surface area contributed by atoms with Crippen LogP contribution in [0.5, 0.6) is 11.5 Å². The van der Waals surface area contributed by atoms with E-state index in [0.717, 1.165) is 35.2 Å². The number of benzene rings is 1. The number of nitrogens with zero attached hydrogens (tertiary/aromatic N) is 2. The first-order valence-corrected chi connectivity index (χ1v) is 11.6. The van der Waals surface area contributed by atoms with Crippen LogP contribution in [-0.2, 0) is 0 Å². The molecule has 0 atom stereocenters. The Morgan fingerprint density at radius 3 is 2.67 bits per heavy atom. The van der Waals surface area contributed by atoms with Crippen LogP contribution in [0.1, 0.15) is 29.2 Å². The van der Waals surface area contributed by atoms with Gasteiger partial charge in [-0.3, -0.25) is 4.79 Å². The Balaban J connectivity index is 1.71. The van der Waals surface area contributed by atoms with Crippen molar-refractivity contribution in [3.05, 3.63) is 46.3 Å². The second kappa shape index (κ2) is 10.6. The fourth-order valence-corrected chi connectivity index (χ4v) is 4.75. The number of aromatic nitrogens is 1. The SMILES string of the molecule is CCN(CC)CCOc1cc(NC(=O)c2sc(-c3cccs3)nc2C)ccc1OC. The van der Waals surface area contributed by atoms with Crippen molar-refractivity contribution >= 4 is 34.3 Å². The fourth-order valence-electron chi connectivity index (χ4n) is 2.99. The Morgan fingerprint density at radius 1 is 1.20 bits per heavy atom. The summed E-state index contributed by atoms with van der Waals surface area (Å²) in [6.45, 7) is 9.46. The molecule has 1 N–H and O–H groups in total. The van der Waals surface area contributed by atoms with E-state index in [2.05, 4.69) is 29.0 Å². The summed E-state index contributed by atoms with van der Waals surface area (Å²) < 4.78 is 11.3. The highest BCUT2D eigenvalue weighted by Crippen LogP contribution is 2.33. The number of aryl methyl sites for hydroxylation is 1. The van der Waals surface area contributed by atoms with Crippen LogP contribution in [-0.4, -0.2) is 49.1 Å². The number of methoxy groups -OCH3 is 1. The molecule has 3 rings (SSSR count). The van der Waals surface area contributed by atoms with E-state index in [1.807, 2.05) is 30.5 Å². The number of hydrogen-bond donors (Lipinski definition) is 1. The number of amides is 1. The number of ether oxygens (including phenoxy) is 2. The highest BCUT2D eigenvalue weighted by Gasteiger charge is 2.18. The number of nitrogens with one attached hydrogen (secondary N) is 1. The molecular weight excluding hydrogens is 418 g/mol. The second-order valence-electron chi connectivity index (χ2n) is 6.61. The molecule has 0 bridgehead atoms. The summed E-state index contributed by atoms with van der Waals surface area (Å²) in [6, 6.07) is 9.41. The molecule has 0 unspecified atom stereocenters. The number of thiazole rings is 1. The summed E-state index contributed by atoms with van der Waals surface area (Å²) in [5.41, 5.74) is 1.38. The molecule has 0 spiro atoms. The molecule has 0 saturated heterocycles. The fraction of sp³-hybridized carbons (Fsp3) is 0.364. The topological polar surface area (TPSA) is 63.7 Å². The Morgan fingerprint density at radius 2 is 2.00 bits per heavy atom. The highest BCUT2D eigenvalue weighted by atomic mass is 32.1. The van der Waals surface area contributed by atoms with Crippen LogP contribution in [0.15, 0.2) is 35.7 Å². The van der Waals surface area contributed by atoms with Crippen LogP contribution in [0.3, 0.4) is 0 Å². The van der Waals surface area contributed by atoms with Crippen molar-refractivity contribution < 1.29 is 14.3 Å². The number of rotatable bonds is 10. The molecule has 1 amide bonds. The molecule has 2 heterocycles. The van der Waals surface area contributed by atoms with Gasteiger partial charge in [0.25, 0.3) is 5.91 Å². The maximum Gasteiger partial charge on any atom is 0.267 e. The van der Waals surface area contributed by atoms with Crippen molar-refractivity contribution in [1.29, 1.82) is 0 Å². The van der Waals surface area contributed by atoms with E-state index in [9.17, 15) is 4.79 Å². The molecule has 1 aromatic carbocycles. The molecule has 8 heteroatoms. The zero-order valence-corrected chi connectivity index (χ0v) is 19.4. The first kappa shape index (κ1) is 22.3. The lowest BCUT2D eigenvalue weighted by molar-refractivity contribution is 0.103. The molecule has 0 aliphatic heterocycles. The lowest BCUT2D eigenvalue weighted by Gasteiger charge is -2.19. The summed E-state index contributed by atoms with van der Waals surface area (Å²) in [5, 5.41) is 5.83. The summed E-state index contributed by atoms with van der Waals surface area (Å²) >= 11 is 3.02.